The Hall–Kier alpha value is -0.0800. The van der Waals surface area contributed by atoms with Crippen molar-refractivity contribution in [1.82, 2.24) is 9.80 Å². The van der Waals surface area contributed by atoms with Crippen molar-refractivity contribution in [3.63, 3.8) is 0 Å². The molecule has 0 aromatic carbocycles. The first-order valence-electron chi connectivity index (χ1n) is 5.79. The summed E-state index contributed by atoms with van der Waals surface area (Å²) >= 11 is 0. The Bertz CT molecular complexity index is 169. The molecule has 2 aliphatic heterocycles. The van der Waals surface area contributed by atoms with Crippen molar-refractivity contribution in [3.8, 4) is 0 Å². The fourth-order valence-corrected chi connectivity index (χ4v) is 2.85. The van der Waals surface area contributed by atoms with Crippen molar-refractivity contribution in [2.45, 2.75) is 45.2 Å². The van der Waals surface area contributed by atoms with E-state index >= 15 is 0 Å². The lowest BCUT2D eigenvalue weighted by Crippen LogP contribution is -2.54. The van der Waals surface area contributed by atoms with Crippen LogP contribution in [-0.2, 0) is 0 Å². The van der Waals surface area contributed by atoms with Crippen LogP contribution in [0.25, 0.3) is 0 Å². The van der Waals surface area contributed by atoms with Crippen molar-refractivity contribution in [3.05, 3.63) is 0 Å². The second-order valence-electron chi connectivity index (χ2n) is 4.63. The number of hydrogen-bond acceptors (Lipinski definition) is 2. The third kappa shape index (κ3) is 1.89. The predicted molar refractivity (Wildman–Crippen MR) is 55.9 cm³/mol. The van der Waals surface area contributed by atoms with Gasteiger partial charge in [0.25, 0.3) is 0 Å². The molecular weight excluding hydrogens is 160 g/mol. The zero-order valence-electron chi connectivity index (χ0n) is 9.00. The number of hydrogen-bond donors (Lipinski definition) is 0. The highest BCUT2D eigenvalue weighted by Crippen LogP contribution is 2.24. The smallest absolute Gasteiger partial charge is 0.0224 e. The summed E-state index contributed by atoms with van der Waals surface area (Å²) in [4.78, 5) is 5.36. The SMILES string of the molecule is CCCN1CC2CCCN2CC1C. The lowest BCUT2D eigenvalue weighted by molar-refractivity contribution is 0.0597. The zero-order chi connectivity index (χ0) is 9.26. The number of nitrogens with zero attached hydrogens (tertiary/aromatic N) is 2. The highest BCUT2D eigenvalue weighted by molar-refractivity contribution is 4.90. The Balaban J connectivity index is 1.93. The molecule has 76 valence electrons. The maximum Gasteiger partial charge on any atom is 0.0224 e. The molecule has 2 atom stereocenters. The minimum absolute atomic E-state index is 0.786. The second kappa shape index (κ2) is 3.97. The largest absolute Gasteiger partial charge is 0.298 e. The van der Waals surface area contributed by atoms with Crippen LogP contribution in [-0.4, -0.2) is 48.1 Å². The van der Waals surface area contributed by atoms with Crippen molar-refractivity contribution >= 4 is 0 Å². The van der Waals surface area contributed by atoms with Crippen molar-refractivity contribution in [2.24, 2.45) is 0 Å². The molecule has 2 unspecified atom stereocenters. The minimum Gasteiger partial charge on any atom is -0.298 e. The Kier molecular flexibility index (Phi) is 2.89. The van der Waals surface area contributed by atoms with Gasteiger partial charge in [0.15, 0.2) is 0 Å². The molecule has 2 rings (SSSR count). The molecule has 2 heteroatoms. The summed E-state index contributed by atoms with van der Waals surface area (Å²) in [5.41, 5.74) is 0. The molecule has 0 bridgehead atoms. The lowest BCUT2D eigenvalue weighted by atomic mass is 10.1. The average Bonchev–Trinajstić information content (AvgIpc) is 2.52. The molecular formula is C11H22N2. The van der Waals surface area contributed by atoms with Crippen LogP contribution in [0.1, 0.15) is 33.1 Å². The van der Waals surface area contributed by atoms with Crippen LogP contribution in [0.15, 0.2) is 0 Å². The molecule has 0 radical (unpaired) electrons. The van der Waals surface area contributed by atoms with Crippen LogP contribution in [0.3, 0.4) is 0 Å². The zero-order valence-corrected chi connectivity index (χ0v) is 9.00. The van der Waals surface area contributed by atoms with Gasteiger partial charge in [-0.1, -0.05) is 6.92 Å². The Morgan fingerprint density at radius 2 is 2.15 bits per heavy atom. The van der Waals surface area contributed by atoms with Gasteiger partial charge in [0.05, 0.1) is 0 Å². The number of fused-ring (bicyclic) bond motifs is 1. The van der Waals surface area contributed by atoms with Gasteiger partial charge in [-0.2, -0.15) is 0 Å². The second-order valence-corrected chi connectivity index (χ2v) is 4.63. The van der Waals surface area contributed by atoms with Crippen molar-refractivity contribution < 1.29 is 0 Å². The van der Waals surface area contributed by atoms with Gasteiger partial charge in [-0.3, -0.25) is 9.80 Å². The fourth-order valence-electron chi connectivity index (χ4n) is 2.85. The van der Waals surface area contributed by atoms with Crippen LogP contribution in [0.2, 0.25) is 0 Å². The molecule has 0 saturated carbocycles. The van der Waals surface area contributed by atoms with Gasteiger partial charge in [-0.05, 0) is 39.3 Å². The van der Waals surface area contributed by atoms with Crippen LogP contribution in [0.4, 0.5) is 0 Å². The lowest BCUT2D eigenvalue weighted by Gasteiger charge is -2.42. The third-order valence-electron chi connectivity index (χ3n) is 3.58. The van der Waals surface area contributed by atoms with E-state index in [1.165, 1.54) is 45.4 Å². The van der Waals surface area contributed by atoms with E-state index in [1.54, 1.807) is 0 Å². The van der Waals surface area contributed by atoms with E-state index in [2.05, 4.69) is 23.6 Å². The van der Waals surface area contributed by atoms with E-state index in [1.807, 2.05) is 0 Å². The van der Waals surface area contributed by atoms with E-state index in [0.29, 0.717) is 0 Å². The number of rotatable bonds is 2. The summed E-state index contributed by atoms with van der Waals surface area (Å²) in [7, 11) is 0. The normalized spacial score (nSPS) is 36.5. The summed E-state index contributed by atoms with van der Waals surface area (Å²) in [5.74, 6) is 0. The van der Waals surface area contributed by atoms with E-state index < -0.39 is 0 Å². The highest BCUT2D eigenvalue weighted by atomic mass is 15.3. The van der Waals surface area contributed by atoms with Gasteiger partial charge in [0, 0.05) is 25.2 Å². The molecule has 2 saturated heterocycles. The van der Waals surface area contributed by atoms with Gasteiger partial charge in [0.2, 0.25) is 0 Å². The monoisotopic (exact) mass is 182 g/mol. The van der Waals surface area contributed by atoms with E-state index in [-0.39, 0.29) is 0 Å². The molecule has 2 nitrogen and oxygen atoms in total. The summed E-state index contributed by atoms with van der Waals surface area (Å²) in [6.45, 7) is 9.96. The summed E-state index contributed by atoms with van der Waals surface area (Å²) < 4.78 is 0. The molecule has 0 amide bonds. The van der Waals surface area contributed by atoms with Crippen LogP contribution in [0, 0.1) is 0 Å². The third-order valence-corrected chi connectivity index (χ3v) is 3.58. The van der Waals surface area contributed by atoms with Crippen LogP contribution in [0.5, 0.6) is 0 Å². The van der Waals surface area contributed by atoms with Gasteiger partial charge in [0.1, 0.15) is 0 Å². The summed E-state index contributed by atoms with van der Waals surface area (Å²) in [5, 5.41) is 0. The fraction of sp³-hybridized carbons (Fsp3) is 1.00. The first-order chi connectivity index (χ1) is 6.31. The molecule has 0 aromatic heterocycles. The van der Waals surface area contributed by atoms with Crippen molar-refractivity contribution in [1.29, 1.82) is 0 Å². The molecule has 0 aliphatic carbocycles. The first kappa shape index (κ1) is 9.47. The topological polar surface area (TPSA) is 6.48 Å². The molecule has 2 heterocycles. The molecule has 2 aliphatic rings. The van der Waals surface area contributed by atoms with Gasteiger partial charge >= 0.3 is 0 Å². The Morgan fingerprint density at radius 3 is 2.92 bits per heavy atom. The molecule has 0 N–H and O–H groups in total. The molecule has 0 aromatic rings. The van der Waals surface area contributed by atoms with Crippen LogP contribution >= 0.6 is 0 Å². The quantitative estimate of drug-likeness (QED) is 0.639. The average molecular weight is 182 g/mol. The van der Waals surface area contributed by atoms with Crippen molar-refractivity contribution in [2.75, 3.05) is 26.2 Å². The van der Waals surface area contributed by atoms with Gasteiger partial charge in [-0.25, -0.2) is 0 Å². The Labute approximate surface area is 81.9 Å². The predicted octanol–water partition coefficient (Wildman–Crippen LogP) is 1.56. The minimum atomic E-state index is 0.786. The summed E-state index contributed by atoms with van der Waals surface area (Å²) in [6.07, 6.45) is 4.17. The summed E-state index contributed by atoms with van der Waals surface area (Å²) in [6, 6.07) is 1.68. The molecule has 0 spiro atoms. The van der Waals surface area contributed by atoms with E-state index in [9.17, 15) is 0 Å². The van der Waals surface area contributed by atoms with E-state index in [0.717, 1.165) is 12.1 Å². The molecule has 13 heavy (non-hydrogen) atoms. The number of piperazine rings is 1. The highest BCUT2D eigenvalue weighted by Gasteiger charge is 2.33. The molecule has 2 fully saturated rings. The standard InChI is InChI=1S/C11H22N2/c1-3-6-12-9-11-5-4-7-13(11)8-10(12)2/h10-11H,3-9H2,1-2H3. The first-order valence-corrected chi connectivity index (χ1v) is 5.79. The maximum atomic E-state index is 2.69. The maximum absolute atomic E-state index is 2.69. The van der Waals surface area contributed by atoms with Gasteiger partial charge in [-0.15, -0.1) is 0 Å². The van der Waals surface area contributed by atoms with Gasteiger partial charge < -0.3 is 0 Å². The van der Waals surface area contributed by atoms with E-state index in [4.69, 9.17) is 0 Å². The Morgan fingerprint density at radius 1 is 1.31 bits per heavy atom. The van der Waals surface area contributed by atoms with Crippen LogP contribution < -0.4 is 0 Å².